The Labute approximate surface area is 93.4 Å². The number of hydrogen-bond acceptors (Lipinski definition) is 3. The lowest BCUT2D eigenvalue weighted by Crippen LogP contribution is -2.37. The summed E-state index contributed by atoms with van der Waals surface area (Å²) in [5.41, 5.74) is 0. The summed E-state index contributed by atoms with van der Waals surface area (Å²) in [5.74, 6) is 0.638. The van der Waals surface area contributed by atoms with Gasteiger partial charge in [-0.05, 0) is 39.5 Å². The number of nitrogens with one attached hydrogen (secondary N) is 2. The molecule has 0 spiro atoms. The molecular weight excluding hydrogens is 190 g/mol. The topological polar surface area (TPSA) is 44.4 Å². The van der Waals surface area contributed by atoms with Gasteiger partial charge in [0.15, 0.2) is 0 Å². The SMILES string of the molecule is CNCCCN(C)CC(=O)NCC(C)C. The van der Waals surface area contributed by atoms with E-state index in [9.17, 15) is 4.79 Å². The molecule has 0 aromatic rings. The third-order valence-electron chi connectivity index (χ3n) is 2.09. The number of hydrogen-bond donors (Lipinski definition) is 2. The first-order valence-electron chi connectivity index (χ1n) is 5.66. The van der Waals surface area contributed by atoms with Crippen LogP contribution in [0.2, 0.25) is 0 Å². The second-order valence-corrected chi connectivity index (χ2v) is 4.39. The van der Waals surface area contributed by atoms with E-state index in [2.05, 4.69) is 24.5 Å². The van der Waals surface area contributed by atoms with Gasteiger partial charge in [-0.2, -0.15) is 0 Å². The van der Waals surface area contributed by atoms with Crippen LogP contribution < -0.4 is 10.6 Å². The van der Waals surface area contributed by atoms with E-state index in [1.807, 2.05) is 19.0 Å². The highest BCUT2D eigenvalue weighted by atomic mass is 16.2. The first-order chi connectivity index (χ1) is 7.06. The van der Waals surface area contributed by atoms with E-state index >= 15 is 0 Å². The largest absolute Gasteiger partial charge is 0.355 e. The van der Waals surface area contributed by atoms with Crippen molar-refractivity contribution in [3.8, 4) is 0 Å². The summed E-state index contributed by atoms with van der Waals surface area (Å²) >= 11 is 0. The molecule has 0 aliphatic rings. The average molecular weight is 215 g/mol. The molecule has 0 fully saturated rings. The van der Waals surface area contributed by atoms with Crippen LogP contribution in [0.5, 0.6) is 0 Å². The lowest BCUT2D eigenvalue weighted by Gasteiger charge is -2.16. The molecule has 2 N–H and O–H groups in total. The van der Waals surface area contributed by atoms with Crippen LogP contribution in [0.4, 0.5) is 0 Å². The Bertz CT molecular complexity index is 171. The molecule has 0 bridgehead atoms. The monoisotopic (exact) mass is 215 g/mol. The minimum atomic E-state index is 0.121. The van der Waals surface area contributed by atoms with E-state index in [0.717, 1.165) is 26.1 Å². The Kier molecular flexibility index (Phi) is 8.33. The predicted molar refractivity (Wildman–Crippen MR) is 63.9 cm³/mol. The third-order valence-corrected chi connectivity index (χ3v) is 2.09. The molecule has 0 aliphatic carbocycles. The van der Waals surface area contributed by atoms with Crippen LogP contribution in [-0.4, -0.2) is 51.1 Å². The molecule has 4 nitrogen and oxygen atoms in total. The zero-order valence-corrected chi connectivity index (χ0v) is 10.5. The maximum Gasteiger partial charge on any atom is 0.234 e. The van der Waals surface area contributed by atoms with Crippen LogP contribution in [0.15, 0.2) is 0 Å². The molecule has 0 radical (unpaired) electrons. The minimum Gasteiger partial charge on any atom is -0.355 e. The average Bonchev–Trinajstić information content (AvgIpc) is 2.15. The van der Waals surface area contributed by atoms with Crippen molar-refractivity contribution in [3.63, 3.8) is 0 Å². The minimum absolute atomic E-state index is 0.121. The number of carbonyl (C=O) groups excluding carboxylic acids is 1. The molecular formula is C11H25N3O. The van der Waals surface area contributed by atoms with Crippen LogP contribution in [0.1, 0.15) is 20.3 Å². The summed E-state index contributed by atoms with van der Waals surface area (Å²) in [6.45, 7) is 7.40. The van der Waals surface area contributed by atoms with E-state index in [1.54, 1.807) is 0 Å². The smallest absolute Gasteiger partial charge is 0.234 e. The maximum atomic E-state index is 11.4. The lowest BCUT2D eigenvalue weighted by molar-refractivity contribution is -0.122. The van der Waals surface area contributed by atoms with Gasteiger partial charge in [0.1, 0.15) is 0 Å². The fourth-order valence-corrected chi connectivity index (χ4v) is 1.22. The van der Waals surface area contributed by atoms with Crippen molar-refractivity contribution in [2.45, 2.75) is 20.3 Å². The maximum absolute atomic E-state index is 11.4. The van der Waals surface area contributed by atoms with Gasteiger partial charge in [-0.25, -0.2) is 0 Å². The number of nitrogens with zero attached hydrogens (tertiary/aromatic N) is 1. The normalized spacial score (nSPS) is 11.1. The van der Waals surface area contributed by atoms with Crippen molar-refractivity contribution < 1.29 is 4.79 Å². The van der Waals surface area contributed by atoms with Crippen LogP contribution in [0.25, 0.3) is 0 Å². The van der Waals surface area contributed by atoms with Crippen LogP contribution in [0, 0.1) is 5.92 Å². The van der Waals surface area contributed by atoms with Gasteiger partial charge in [0.05, 0.1) is 6.54 Å². The van der Waals surface area contributed by atoms with Crippen molar-refractivity contribution in [2.24, 2.45) is 5.92 Å². The molecule has 90 valence electrons. The Balaban J connectivity index is 3.49. The molecule has 0 aromatic heterocycles. The van der Waals surface area contributed by atoms with Gasteiger partial charge in [0.2, 0.25) is 5.91 Å². The van der Waals surface area contributed by atoms with Crippen LogP contribution in [0.3, 0.4) is 0 Å². The zero-order chi connectivity index (χ0) is 11.7. The molecule has 0 unspecified atom stereocenters. The summed E-state index contributed by atoms with van der Waals surface area (Å²) in [7, 11) is 3.92. The van der Waals surface area contributed by atoms with Crippen molar-refractivity contribution in [2.75, 3.05) is 40.3 Å². The number of likely N-dealkylation sites (N-methyl/N-ethyl adjacent to an activating group) is 1. The van der Waals surface area contributed by atoms with Gasteiger partial charge in [0, 0.05) is 6.54 Å². The highest BCUT2D eigenvalue weighted by Gasteiger charge is 2.05. The van der Waals surface area contributed by atoms with E-state index in [-0.39, 0.29) is 5.91 Å². The molecule has 0 saturated carbocycles. The summed E-state index contributed by atoms with van der Waals surface area (Å²) in [6.07, 6.45) is 1.07. The molecule has 0 heterocycles. The third kappa shape index (κ3) is 9.69. The second-order valence-electron chi connectivity index (χ2n) is 4.39. The lowest BCUT2D eigenvalue weighted by atomic mass is 10.2. The van der Waals surface area contributed by atoms with E-state index in [0.29, 0.717) is 12.5 Å². The van der Waals surface area contributed by atoms with Crippen molar-refractivity contribution in [1.82, 2.24) is 15.5 Å². The predicted octanol–water partition coefficient (Wildman–Crippen LogP) is 0.300. The molecule has 0 saturated heterocycles. The highest BCUT2D eigenvalue weighted by molar-refractivity contribution is 5.77. The summed E-state index contributed by atoms with van der Waals surface area (Å²) in [4.78, 5) is 13.5. The quantitative estimate of drug-likeness (QED) is 0.572. The Morgan fingerprint density at radius 3 is 2.60 bits per heavy atom. The van der Waals surface area contributed by atoms with Crippen molar-refractivity contribution in [3.05, 3.63) is 0 Å². The first kappa shape index (κ1) is 14.4. The number of carbonyl (C=O) groups is 1. The van der Waals surface area contributed by atoms with Gasteiger partial charge in [-0.15, -0.1) is 0 Å². The van der Waals surface area contributed by atoms with Gasteiger partial charge in [-0.1, -0.05) is 13.8 Å². The molecule has 0 aliphatic heterocycles. The van der Waals surface area contributed by atoms with Gasteiger partial charge in [0.25, 0.3) is 0 Å². The van der Waals surface area contributed by atoms with Crippen molar-refractivity contribution >= 4 is 5.91 Å². The van der Waals surface area contributed by atoms with Crippen molar-refractivity contribution in [1.29, 1.82) is 0 Å². The molecule has 0 atom stereocenters. The highest BCUT2D eigenvalue weighted by Crippen LogP contribution is 1.89. The number of amides is 1. The van der Waals surface area contributed by atoms with E-state index in [1.165, 1.54) is 0 Å². The second kappa shape index (κ2) is 8.68. The molecule has 15 heavy (non-hydrogen) atoms. The van der Waals surface area contributed by atoms with E-state index in [4.69, 9.17) is 0 Å². The molecule has 0 aromatic carbocycles. The molecule has 4 heteroatoms. The summed E-state index contributed by atoms with van der Waals surface area (Å²) < 4.78 is 0. The summed E-state index contributed by atoms with van der Waals surface area (Å²) in [6, 6.07) is 0. The van der Waals surface area contributed by atoms with E-state index < -0.39 is 0 Å². The fourth-order valence-electron chi connectivity index (χ4n) is 1.22. The molecule has 1 amide bonds. The fraction of sp³-hybridized carbons (Fsp3) is 0.909. The van der Waals surface area contributed by atoms with Gasteiger partial charge < -0.3 is 10.6 Å². The summed E-state index contributed by atoms with van der Waals surface area (Å²) in [5, 5.41) is 6.00. The zero-order valence-electron chi connectivity index (χ0n) is 10.5. The Morgan fingerprint density at radius 2 is 2.07 bits per heavy atom. The first-order valence-corrected chi connectivity index (χ1v) is 5.66. The van der Waals surface area contributed by atoms with Gasteiger partial charge >= 0.3 is 0 Å². The standard InChI is InChI=1S/C11H25N3O/c1-10(2)8-13-11(15)9-14(4)7-5-6-12-3/h10,12H,5-9H2,1-4H3,(H,13,15). The Hall–Kier alpha value is -0.610. The van der Waals surface area contributed by atoms with Gasteiger partial charge in [-0.3, -0.25) is 9.69 Å². The Morgan fingerprint density at radius 1 is 1.40 bits per heavy atom. The molecule has 0 rings (SSSR count). The van der Waals surface area contributed by atoms with Crippen LogP contribution >= 0.6 is 0 Å². The van der Waals surface area contributed by atoms with Crippen LogP contribution in [-0.2, 0) is 4.79 Å². The number of rotatable bonds is 8.